The Hall–Kier alpha value is -4.58. The molecule has 1 aliphatic rings. The molecule has 0 saturated carbocycles. The maximum absolute atomic E-state index is 13.0. The number of nitrogens with one attached hydrogen (secondary N) is 2. The topological polar surface area (TPSA) is 99.0 Å². The molecular formula is C30H27ClN6O2. The zero-order valence-electron chi connectivity index (χ0n) is 21.1. The summed E-state index contributed by atoms with van der Waals surface area (Å²) in [6.45, 7) is 3.34. The van der Waals surface area contributed by atoms with Gasteiger partial charge >= 0.3 is 0 Å². The number of allylic oxidation sites excluding steroid dienone is 1. The van der Waals surface area contributed by atoms with Gasteiger partial charge in [0.25, 0.3) is 0 Å². The van der Waals surface area contributed by atoms with Crippen molar-refractivity contribution in [3.8, 4) is 6.07 Å². The van der Waals surface area contributed by atoms with Crippen LogP contribution in [0.3, 0.4) is 0 Å². The SMILES string of the molecule is Cl.N#CC(=Cc1cn(CC(=O)Nc2ccc(N3CCOCC3)cc2)c2ccccc12)c1nc2ccccc2[nH]1. The van der Waals surface area contributed by atoms with Gasteiger partial charge in [0.05, 0.1) is 29.8 Å². The molecule has 1 aliphatic heterocycles. The summed E-state index contributed by atoms with van der Waals surface area (Å²) in [5.41, 5.74) is 5.74. The second-order valence-corrected chi connectivity index (χ2v) is 9.20. The molecule has 0 aliphatic carbocycles. The van der Waals surface area contributed by atoms with Crippen LogP contribution in [0, 0.1) is 11.3 Å². The fourth-order valence-electron chi connectivity index (χ4n) is 4.84. The number of benzene rings is 3. The van der Waals surface area contributed by atoms with Gasteiger partial charge in [0.2, 0.25) is 5.91 Å². The summed E-state index contributed by atoms with van der Waals surface area (Å²) >= 11 is 0. The number of morpholine rings is 1. The van der Waals surface area contributed by atoms with Crippen LogP contribution in [0.5, 0.6) is 0 Å². The van der Waals surface area contributed by atoms with E-state index in [2.05, 4.69) is 26.3 Å². The van der Waals surface area contributed by atoms with Crippen LogP contribution >= 0.6 is 12.4 Å². The Labute approximate surface area is 231 Å². The predicted octanol–water partition coefficient (Wildman–Crippen LogP) is 5.48. The van der Waals surface area contributed by atoms with Crippen molar-refractivity contribution in [3.05, 3.63) is 90.4 Å². The number of aromatic nitrogens is 3. The lowest BCUT2D eigenvalue weighted by Gasteiger charge is -2.28. The fraction of sp³-hybridized carbons (Fsp3) is 0.167. The summed E-state index contributed by atoms with van der Waals surface area (Å²) in [5.74, 6) is 0.391. The third kappa shape index (κ3) is 5.50. The number of anilines is 2. The van der Waals surface area contributed by atoms with Crippen molar-refractivity contribution in [1.82, 2.24) is 14.5 Å². The number of aromatic amines is 1. The molecule has 0 bridgehead atoms. The van der Waals surface area contributed by atoms with Crippen LogP contribution in [0.4, 0.5) is 11.4 Å². The molecule has 1 amide bonds. The minimum atomic E-state index is -0.127. The molecule has 39 heavy (non-hydrogen) atoms. The van der Waals surface area contributed by atoms with Gasteiger partial charge in [-0.2, -0.15) is 5.26 Å². The number of nitrogens with zero attached hydrogens (tertiary/aromatic N) is 4. The van der Waals surface area contributed by atoms with Crippen molar-refractivity contribution < 1.29 is 9.53 Å². The van der Waals surface area contributed by atoms with E-state index in [1.54, 1.807) is 0 Å². The number of imidazole rings is 1. The molecule has 5 aromatic rings. The van der Waals surface area contributed by atoms with Crippen LogP contribution in [0.15, 0.2) is 79.0 Å². The molecule has 0 unspecified atom stereocenters. The van der Waals surface area contributed by atoms with Crippen LogP contribution in [-0.2, 0) is 16.1 Å². The Kier molecular flexibility index (Phi) is 7.64. The Morgan fingerprint density at radius 1 is 1.05 bits per heavy atom. The molecule has 1 fully saturated rings. The largest absolute Gasteiger partial charge is 0.378 e. The predicted molar refractivity (Wildman–Crippen MR) is 157 cm³/mol. The lowest BCUT2D eigenvalue weighted by atomic mass is 10.1. The molecule has 0 atom stereocenters. The molecule has 9 heteroatoms. The van der Waals surface area contributed by atoms with Gasteiger partial charge in [-0.25, -0.2) is 4.98 Å². The van der Waals surface area contributed by atoms with Crippen molar-refractivity contribution >= 4 is 63.3 Å². The molecule has 0 radical (unpaired) electrons. The minimum absolute atomic E-state index is 0. The summed E-state index contributed by atoms with van der Waals surface area (Å²) in [7, 11) is 0. The van der Waals surface area contributed by atoms with Gasteiger partial charge in [0, 0.05) is 47.1 Å². The number of nitriles is 1. The number of fused-ring (bicyclic) bond motifs is 2. The van der Waals surface area contributed by atoms with E-state index in [0.29, 0.717) is 11.4 Å². The van der Waals surface area contributed by atoms with Crippen LogP contribution < -0.4 is 10.2 Å². The lowest BCUT2D eigenvalue weighted by molar-refractivity contribution is -0.116. The fourth-order valence-corrected chi connectivity index (χ4v) is 4.84. The maximum Gasteiger partial charge on any atom is 0.244 e. The first kappa shape index (κ1) is 26.0. The zero-order chi connectivity index (χ0) is 25.9. The van der Waals surface area contributed by atoms with E-state index in [0.717, 1.165) is 65.2 Å². The average molecular weight is 539 g/mol. The van der Waals surface area contributed by atoms with Gasteiger partial charge in [-0.05, 0) is 48.5 Å². The van der Waals surface area contributed by atoms with Crippen molar-refractivity contribution in [1.29, 1.82) is 5.26 Å². The van der Waals surface area contributed by atoms with Crippen molar-refractivity contribution in [2.75, 3.05) is 36.5 Å². The standard InChI is InChI=1S/C30H26N6O2.ClH/c31-18-21(30-33-26-6-2-3-7-27(26)34-30)17-22-19-36(28-8-4-1-5-25(22)28)20-29(37)32-23-9-11-24(12-10-23)35-13-15-38-16-14-35;/h1-12,17,19H,13-16,20H2,(H,32,37)(H,33,34);1H. The van der Waals surface area contributed by atoms with Gasteiger partial charge in [-0.1, -0.05) is 30.3 Å². The second-order valence-electron chi connectivity index (χ2n) is 9.20. The molecule has 0 spiro atoms. The summed E-state index contributed by atoms with van der Waals surface area (Å²) in [6.07, 6.45) is 3.73. The highest BCUT2D eigenvalue weighted by Crippen LogP contribution is 2.27. The molecule has 196 valence electrons. The Morgan fingerprint density at radius 2 is 1.79 bits per heavy atom. The highest BCUT2D eigenvalue weighted by Gasteiger charge is 2.14. The quantitative estimate of drug-likeness (QED) is 0.279. The van der Waals surface area contributed by atoms with Crippen LogP contribution in [0.1, 0.15) is 11.4 Å². The number of para-hydroxylation sites is 3. The number of halogens is 1. The number of ether oxygens (including phenoxy) is 1. The summed E-state index contributed by atoms with van der Waals surface area (Å²) in [4.78, 5) is 23.0. The van der Waals surface area contributed by atoms with E-state index < -0.39 is 0 Å². The van der Waals surface area contributed by atoms with E-state index in [1.165, 1.54) is 0 Å². The maximum atomic E-state index is 13.0. The van der Waals surface area contributed by atoms with E-state index in [9.17, 15) is 10.1 Å². The number of carbonyl (C=O) groups is 1. The summed E-state index contributed by atoms with van der Waals surface area (Å²) < 4.78 is 7.33. The van der Waals surface area contributed by atoms with Crippen LogP contribution in [-0.4, -0.2) is 46.7 Å². The average Bonchev–Trinajstić information content (AvgIpc) is 3.54. The highest BCUT2D eigenvalue weighted by atomic mass is 35.5. The molecule has 2 N–H and O–H groups in total. The van der Waals surface area contributed by atoms with Crippen LogP contribution in [0.25, 0.3) is 33.6 Å². The molecule has 1 saturated heterocycles. The zero-order valence-corrected chi connectivity index (χ0v) is 21.9. The first-order valence-corrected chi connectivity index (χ1v) is 12.6. The van der Waals surface area contributed by atoms with Gasteiger partial charge in [-0.3, -0.25) is 4.79 Å². The number of amides is 1. The third-order valence-corrected chi connectivity index (χ3v) is 6.73. The molecular weight excluding hydrogens is 512 g/mol. The van der Waals surface area contributed by atoms with Gasteiger partial charge in [-0.15, -0.1) is 12.4 Å². The van der Waals surface area contributed by atoms with Crippen molar-refractivity contribution in [2.45, 2.75) is 6.54 Å². The normalized spacial score (nSPS) is 13.7. The van der Waals surface area contributed by atoms with E-state index in [-0.39, 0.29) is 24.9 Å². The molecule has 8 nitrogen and oxygen atoms in total. The minimum Gasteiger partial charge on any atom is -0.378 e. The second kappa shape index (κ2) is 11.4. The Balaban J connectivity index is 0.00000308. The van der Waals surface area contributed by atoms with Crippen molar-refractivity contribution in [2.24, 2.45) is 0 Å². The first-order valence-electron chi connectivity index (χ1n) is 12.6. The number of hydrogen-bond acceptors (Lipinski definition) is 5. The number of carbonyl (C=O) groups excluding carboxylic acids is 1. The number of rotatable bonds is 6. The molecule has 3 heterocycles. The first-order chi connectivity index (χ1) is 18.7. The third-order valence-electron chi connectivity index (χ3n) is 6.73. The highest BCUT2D eigenvalue weighted by molar-refractivity contribution is 5.99. The van der Waals surface area contributed by atoms with E-state index in [1.807, 2.05) is 89.6 Å². The summed E-state index contributed by atoms with van der Waals surface area (Å²) in [5, 5.41) is 13.9. The van der Waals surface area contributed by atoms with Gasteiger partial charge in [0.1, 0.15) is 18.4 Å². The smallest absolute Gasteiger partial charge is 0.244 e. The van der Waals surface area contributed by atoms with Gasteiger partial charge in [0.15, 0.2) is 0 Å². The van der Waals surface area contributed by atoms with Crippen molar-refractivity contribution in [3.63, 3.8) is 0 Å². The number of H-pyrrole nitrogens is 1. The lowest BCUT2D eigenvalue weighted by Crippen LogP contribution is -2.36. The van der Waals surface area contributed by atoms with Crippen LogP contribution in [0.2, 0.25) is 0 Å². The monoisotopic (exact) mass is 538 g/mol. The summed E-state index contributed by atoms with van der Waals surface area (Å²) in [6, 6.07) is 25.7. The van der Waals surface area contributed by atoms with Gasteiger partial charge < -0.3 is 24.5 Å². The Morgan fingerprint density at radius 3 is 2.56 bits per heavy atom. The molecule has 6 rings (SSSR count). The Bertz CT molecular complexity index is 1660. The van der Waals surface area contributed by atoms with E-state index in [4.69, 9.17) is 4.74 Å². The van der Waals surface area contributed by atoms with E-state index >= 15 is 0 Å². The molecule has 2 aromatic heterocycles. The number of hydrogen-bond donors (Lipinski definition) is 2. The molecule has 3 aromatic carbocycles.